The Morgan fingerprint density at radius 2 is 2.00 bits per heavy atom. The molecule has 1 aromatic rings. The maximum atomic E-state index is 10.4. The van der Waals surface area contributed by atoms with Crippen molar-refractivity contribution < 1.29 is 5.11 Å². The van der Waals surface area contributed by atoms with Crippen LogP contribution >= 0.6 is 0 Å². The van der Waals surface area contributed by atoms with Gasteiger partial charge in [-0.2, -0.15) is 5.10 Å². The molecule has 2 N–H and O–H groups in total. The molecule has 4 heteroatoms. The van der Waals surface area contributed by atoms with Crippen LogP contribution in [0.2, 0.25) is 0 Å². The van der Waals surface area contributed by atoms with Crippen molar-refractivity contribution in [3.63, 3.8) is 0 Å². The second kappa shape index (κ2) is 5.19. The van der Waals surface area contributed by atoms with Crippen LogP contribution in [-0.4, -0.2) is 27.0 Å². The van der Waals surface area contributed by atoms with Crippen LogP contribution in [0.25, 0.3) is 0 Å². The van der Waals surface area contributed by atoms with Crippen molar-refractivity contribution in [1.82, 2.24) is 15.1 Å². The van der Waals surface area contributed by atoms with Crippen LogP contribution in [-0.2, 0) is 12.1 Å². The maximum absolute atomic E-state index is 10.4. The van der Waals surface area contributed by atoms with E-state index in [1.54, 1.807) is 6.20 Å². The summed E-state index contributed by atoms with van der Waals surface area (Å²) < 4.78 is 1.88. The number of aryl methyl sites for hydroxylation is 1. The smallest absolute Gasteiger partial charge is 0.102 e. The highest BCUT2D eigenvalue weighted by Crippen LogP contribution is 2.20. The van der Waals surface area contributed by atoms with Crippen LogP contribution in [0.4, 0.5) is 0 Å². The summed E-state index contributed by atoms with van der Waals surface area (Å²) in [4.78, 5) is 0. The minimum atomic E-state index is -0.876. The van der Waals surface area contributed by atoms with E-state index in [9.17, 15) is 5.11 Å². The number of hydrogen-bond donors (Lipinski definition) is 2. The van der Waals surface area contributed by atoms with E-state index in [0.29, 0.717) is 6.54 Å². The first-order valence-corrected chi connectivity index (χ1v) is 6.25. The Hall–Kier alpha value is -0.870. The van der Waals surface area contributed by atoms with Crippen LogP contribution in [0.3, 0.4) is 0 Å². The molecular formula is C13H25N3O. The molecule has 1 aromatic heterocycles. The second-order valence-corrected chi connectivity index (χ2v) is 5.87. The van der Waals surface area contributed by atoms with Crippen LogP contribution in [0.5, 0.6) is 0 Å². The summed E-state index contributed by atoms with van der Waals surface area (Å²) in [5, 5.41) is 18.0. The standard InChI is InChI=1S/C13H25N3O/c1-6-7-16-9-11(8-15-16)13(5,17)10-14-12(2,3)4/h8-9,14,17H,6-7,10H2,1-5H3. The lowest BCUT2D eigenvalue weighted by atomic mass is 9.98. The summed E-state index contributed by atoms with van der Waals surface area (Å²) in [6.45, 7) is 11.6. The molecule has 98 valence electrons. The topological polar surface area (TPSA) is 50.1 Å². The highest BCUT2D eigenvalue weighted by atomic mass is 16.3. The Morgan fingerprint density at radius 3 is 2.53 bits per heavy atom. The number of aliphatic hydroxyl groups is 1. The van der Waals surface area contributed by atoms with E-state index in [0.717, 1.165) is 18.5 Å². The molecule has 0 spiro atoms. The van der Waals surface area contributed by atoms with Gasteiger partial charge in [-0.1, -0.05) is 6.92 Å². The van der Waals surface area contributed by atoms with Crippen molar-refractivity contribution >= 4 is 0 Å². The minimum Gasteiger partial charge on any atom is -0.384 e. The average molecular weight is 239 g/mol. The van der Waals surface area contributed by atoms with E-state index < -0.39 is 5.60 Å². The second-order valence-electron chi connectivity index (χ2n) is 5.87. The lowest BCUT2D eigenvalue weighted by Gasteiger charge is -2.28. The van der Waals surface area contributed by atoms with E-state index in [1.807, 2.05) is 17.8 Å². The SMILES string of the molecule is CCCn1cc(C(C)(O)CNC(C)(C)C)cn1. The summed E-state index contributed by atoms with van der Waals surface area (Å²) in [6.07, 6.45) is 4.72. The molecular weight excluding hydrogens is 214 g/mol. The Bertz CT molecular complexity index is 350. The van der Waals surface area contributed by atoms with Gasteiger partial charge in [0.15, 0.2) is 0 Å². The molecule has 1 rings (SSSR count). The van der Waals surface area contributed by atoms with E-state index >= 15 is 0 Å². The zero-order valence-corrected chi connectivity index (χ0v) is 11.6. The Labute approximate surface area is 104 Å². The quantitative estimate of drug-likeness (QED) is 0.825. The fourth-order valence-electron chi connectivity index (χ4n) is 1.53. The molecule has 0 saturated carbocycles. The van der Waals surface area contributed by atoms with Crippen LogP contribution in [0.1, 0.15) is 46.6 Å². The lowest BCUT2D eigenvalue weighted by Crippen LogP contribution is -2.44. The zero-order chi connectivity index (χ0) is 13.1. The number of nitrogens with zero attached hydrogens (tertiary/aromatic N) is 2. The molecule has 0 aliphatic carbocycles. The predicted octanol–water partition coefficient (Wildman–Crippen LogP) is 1.89. The number of aromatic nitrogens is 2. The largest absolute Gasteiger partial charge is 0.384 e. The van der Waals surface area contributed by atoms with E-state index in [-0.39, 0.29) is 5.54 Å². The highest BCUT2D eigenvalue weighted by molar-refractivity contribution is 5.14. The lowest BCUT2D eigenvalue weighted by molar-refractivity contribution is 0.0501. The van der Waals surface area contributed by atoms with Gasteiger partial charge in [0.25, 0.3) is 0 Å². The highest BCUT2D eigenvalue weighted by Gasteiger charge is 2.26. The molecule has 1 heterocycles. The summed E-state index contributed by atoms with van der Waals surface area (Å²) in [5.41, 5.74) is -0.00874. The normalized spacial score (nSPS) is 15.9. The van der Waals surface area contributed by atoms with Gasteiger partial charge in [-0.3, -0.25) is 4.68 Å². The summed E-state index contributed by atoms with van der Waals surface area (Å²) >= 11 is 0. The molecule has 4 nitrogen and oxygen atoms in total. The number of nitrogens with one attached hydrogen (secondary N) is 1. The van der Waals surface area contributed by atoms with Crippen LogP contribution in [0, 0.1) is 0 Å². The van der Waals surface area contributed by atoms with Gasteiger partial charge in [-0.15, -0.1) is 0 Å². The zero-order valence-electron chi connectivity index (χ0n) is 11.6. The van der Waals surface area contributed by atoms with Crippen LogP contribution < -0.4 is 5.32 Å². The third-order valence-corrected chi connectivity index (χ3v) is 2.67. The van der Waals surface area contributed by atoms with Gasteiger partial charge >= 0.3 is 0 Å². The van der Waals surface area contributed by atoms with Crippen molar-refractivity contribution in [2.45, 2.75) is 58.7 Å². The van der Waals surface area contributed by atoms with Gasteiger partial charge in [-0.05, 0) is 34.1 Å². The first kappa shape index (κ1) is 14.2. The fourth-order valence-corrected chi connectivity index (χ4v) is 1.53. The third kappa shape index (κ3) is 4.48. The molecule has 17 heavy (non-hydrogen) atoms. The third-order valence-electron chi connectivity index (χ3n) is 2.67. The van der Waals surface area contributed by atoms with Gasteiger partial charge < -0.3 is 10.4 Å². The van der Waals surface area contributed by atoms with E-state index in [4.69, 9.17) is 0 Å². The Balaban J connectivity index is 2.67. The molecule has 0 fully saturated rings. The van der Waals surface area contributed by atoms with Crippen LogP contribution in [0.15, 0.2) is 12.4 Å². The Morgan fingerprint density at radius 1 is 1.35 bits per heavy atom. The van der Waals surface area contributed by atoms with Gasteiger partial charge in [0.05, 0.1) is 6.20 Å². The van der Waals surface area contributed by atoms with Gasteiger partial charge in [0.2, 0.25) is 0 Å². The van der Waals surface area contributed by atoms with Crippen molar-refractivity contribution in [1.29, 1.82) is 0 Å². The van der Waals surface area contributed by atoms with Gasteiger partial charge in [0.1, 0.15) is 5.60 Å². The maximum Gasteiger partial charge on any atom is 0.102 e. The van der Waals surface area contributed by atoms with Gasteiger partial charge in [0, 0.05) is 30.4 Å². The average Bonchev–Trinajstić information content (AvgIpc) is 2.64. The number of hydrogen-bond acceptors (Lipinski definition) is 3. The summed E-state index contributed by atoms with van der Waals surface area (Å²) in [7, 11) is 0. The molecule has 0 saturated heterocycles. The van der Waals surface area contributed by atoms with Crippen molar-refractivity contribution in [3.05, 3.63) is 18.0 Å². The number of rotatable bonds is 5. The first-order chi connectivity index (χ1) is 7.74. The molecule has 0 amide bonds. The van der Waals surface area contributed by atoms with Crippen molar-refractivity contribution in [3.8, 4) is 0 Å². The molecule has 0 aliphatic heterocycles. The first-order valence-electron chi connectivity index (χ1n) is 6.25. The Kier molecular flexibility index (Phi) is 4.33. The van der Waals surface area contributed by atoms with Gasteiger partial charge in [-0.25, -0.2) is 0 Å². The fraction of sp³-hybridized carbons (Fsp3) is 0.769. The number of β-amino-alcohol motifs (C(OH)–C–C–N with tert-alkyl or cyclic N) is 1. The molecule has 0 bridgehead atoms. The minimum absolute atomic E-state index is 0.00338. The van der Waals surface area contributed by atoms with E-state index in [2.05, 4.69) is 38.1 Å². The molecule has 0 aromatic carbocycles. The molecule has 1 atom stereocenters. The molecule has 1 unspecified atom stereocenters. The predicted molar refractivity (Wildman–Crippen MR) is 69.8 cm³/mol. The summed E-state index contributed by atoms with van der Waals surface area (Å²) in [5.74, 6) is 0. The van der Waals surface area contributed by atoms with Crippen molar-refractivity contribution in [2.24, 2.45) is 0 Å². The summed E-state index contributed by atoms with van der Waals surface area (Å²) in [6, 6.07) is 0. The van der Waals surface area contributed by atoms with Crippen molar-refractivity contribution in [2.75, 3.05) is 6.54 Å². The van der Waals surface area contributed by atoms with E-state index in [1.165, 1.54) is 0 Å². The molecule has 0 aliphatic rings. The molecule has 0 radical (unpaired) electrons. The monoisotopic (exact) mass is 239 g/mol.